The number of nitrogens with zero attached hydrogens (tertiary/aromatic N) is 2. The third kappa shape index (κ3) is 4.56. The minimum atomic E-state index is -0.357. The van der Waals surface area contributed by atoms with Crippen LogP contribution in [0.15, 0.2) is 34.8 Å². The van der Waals surface area contributed by atoms with Gasteiger partial charge in [-0.1, -0.05) is 28.1 Å². The van der Waals surface area contributed by atoms with Crippen LogP contribution in [0.5, 0.6) is 0 Å². The van der Waals surface area contributed by atoms with Crippen LogP contribution in [0.1, 0.15) is 26.4 Å². The largest absolute Gasteiger partial charge is 0.344 e. The van der Waals surface area contributed by atoms with Crippen LogP contribution in [0.4, 0.5) is 5.00 Å². The van der Waals surface area contributed by atoms with E-state index < -0.39 is 0 Å². The topological polar surface area (TPSA) is 73.2 Å². The molecule has 0 spiro atoms. The van der Waals surface area contributed by atoms with E-state index in [0.29, 0.717) is 21.0 Å². The number of thiophene rings is 1. The first-order chi connectivity index (χ1) is 11.8. The molecule has 7 heteroatoms. The summed E-state index contributed by atoms with van der Waals surface area (Å²) in [5.41, 5.74) is 1.78. The van der Waals surface area contributed by atoms with Crippen LogP contribution in [0.25, 0.3) is 6.08 Å². The summed E-state index contributed by atoms with van der Waals surface area (Å²) >= 11 is 4.47. The van der Waals surface area contributed by atoms with E-state index in [-0.39, 0.29) is 11.8 Å². The van der Waals surface area contributed by atoms with Crippen molar-refractivity contribution in [1.29, 1.82) is 5.26 Å². The summed E-state index contributed by atoms with van der Waals surface area (Å²) in [6.07, 6.45) is 3.08. The van der Waals surface area contributed by atoms with E-state index >= 15 is 0 Å². The molecule has 1 aromatic carbocycles. The van der Waals surface area contributed by atoms with E-state index in [1.807, 2.05) is 24.3 Å². The van der Waals surface area contributed by atoms with Crippen molar-refractivity contribution >= 4 is 50.2 Å². The van der Waals surface area contributed by atoms with Crippen molar-refractivity contribution in [2.24, 2.45) is 0 Å². The molecule has 5 nitrogen and oxygen atoms in total. The van der Waals surface area contributed by atoms with Crippen LogP contribution >= 0.6 is 27.3 Å². The Morgan fingerprint density at radius 1 is 1.28 bits per heavy atom. The van der Waals surface area contributed by atoms with Gasteiger partial charge in [-0.05, 0) is 36.3 Å². The van der Waals surface area contributed by atoms with Gasteiger partial charge >= 0.3 is 0 Å². The molecule has 0 bridgehead atoms. The number of benzene rings is 1. The van der Waals surface area contributed by atoms with Crippen LogP contribution in [0, 0.1) is 18.3 Å². The molecule has 1 N–H and O–H groups in total. The minimum absolute atomic E-state index is 0.190. The fraction of sp³-hybridized carbons (Fsp3) is 0.167. The molecular formula is C18H16BrN3O2S. The standard InChI is InChI=1S/C18H16BrN3O2S/c1-11-14(10-20)17(25-16(11)18(24)22(2)3)21-15(23)9-6-12-4-7-13(19)8-5-12/h4-9H,1-3H3,(H,21,23). The Kier molecular flexibility index (Phi) is 6.12. The lowest BCUT2D eigenvalue weighted by Gasteiger charge is -2.08. The number of nitrogens with one attached hydrogen (secondary N) is 1. The Morgan fingerprint density at radius 3 is 2.48 bits per heavy atom. The fourth-order valence-corrected chi connectivity index (χ4v) is 3.49. The average molecular weight is 418 g/mol. The number of carbonyl (C=O) groups is 2. The van der Waals surface area contributed by atoms with Gasteiger partial charge in [-0.25, -0.2) is 0 Å². The zero-order valence-electron chi connectivity index (χ0n) is 14.0. The quantitative estimate of drug-likeness (QED) is 0.762. The Morgan fingerprint density at radius 2 is 1.92 bits per heavy atom. The maximum absolute atomic E-state index is 12.2. The van der Waals surface area contributed by atoms with Gasteiger partial charge in [0.15, 0.2) is 0 Å². The first-order valence-electron chi connectivity index (χ1n) is 7.33. The van der Waals surface area contributed by atoms with E-state index in [4.69, 9.17) is 0 Å². The molecule has 128 valence electrons. The predicted octanol–water partition coefficient (Wildman–Crippen LogP) is 4.04. The van der Waals surface area contributed by atoms with Crippen molar-refractivity contribution in [3.8, 4) is 6.07 Å². The number of amides is 2. The first kappa shape index (κ1) is 18.9. The molecule has 0 unspecified atom stereocenters. The van der Waals surface area contributed by atoms with E-state index in [0.717, 1.165) is 21.4 Å². The van der Waals surface area contributed by atoms with Gasteiger partial charge < -0.3 is 10.2 Å². The van der Waals surface area contributed by atoms with Crippen LogP contribution in [-0.4, -0.2) is 30.8 Å². The van der Waals surface area contributed by atoms with Gasteiger partial charge in [-0.2, -0.15) is 5.26 Å². The first-order valence-corrected chi connectivity index (χ1v) is 8.94. The Labute approximate surface area is 158 Å². The highest BCUT2D eigenvalue weighted by atomic mass is 79.9. The zero-order valence-corrected chi connectivity index (χ0v) is 16.4. The number of hydrogen-bond acceptors (Lipinski definition) is 4. The normalized spacial score (nSPS) is 10.5. The van der Waals surface area contributed by atoms with Crippen molar-refractivity contribution in [3.63, 3.8) is 0 Å². The lowest BCUT2D eigenvalue weighted by Crippen LogP contribution is -2.21. The van der Waals surface area contributed by atoms with Gasteiger partial charge in [0.2, 0.25) is 5.91 Å². The molecule has 2 rings (SSSR count). The molecular weight excluding hydrogens is 402 g/mol. The number of halogens is 1. The van der Waals surface area contributed by atoms with Crippen LogP contribution in [0.2, 0.25) is 0 Å². The van der Waals surface area contributed by atoms with Crippen LogP contribution in [0.3, 0.4) is 0 Å². The summed E-state index contributed by atoms with van der Waals surface area (Å²) in [4.78, 5) is 26.2. The highest BCUT2D eigenvalue weighted by molar-refractivity contribution is 9.10. The molecule has 0 saturated heterocycles. The summed E-state index contributed by atoms with van der Waals surface area (Å²) in [6.45, 7) is 1.71. The lowest BCUT2D eigenvalue weighted by molar-refractivity contribution is -0.111. The van der Waals surface area contributed by atoms with Gasteiger partial charge in [0.05, 0.1) is 10.4 Å². The molecule has 0 aliphatic heterocycles. The fourth-order valence-electron chi connectivity index (χ4n) is 2.04. The predicted molar refractivity (Wildman–Crippen MR) is 104 cm³/mol. The number of carbonyl (C=O) groups excluding carboxylic acids is 2. The summed E-state index contributed by atoms with van der Waals surface area (Å²) in [5.74, 6) is -0.547. The van der Waals surface area contributed by atoms with Crippen molar-refractivity contribution in [2.75, 3.05) is 19.4 Å². The molecule has 0 saturated carbocycles. The van der Waals surface area contributed by atoms with Crippen molar-refractivity contribution in [2.45, 2.75) is 6.92 Å². The zero-order chi connectivity index (χ0) is 18.6. The Bertz CT molecular complexity index is 877. The third-order valence-electron chi connectivity index (χ3n) is 3.39. The van der Waals surface area contributed by atoms with Gasteiger partial charge in [0.25, 0.3) is 5.91 Å². The maximum atomic E-state index is 12.2. The van der Waals surface area contributed by atoms with Crippen molar-refractivity contribution < 1.29 is 9.59 Å². The summed E-state index contributed by atoms with van der Waals surface area (Å²) in [7, 11) is 3.29. The second kappa shape index (κ2) is 8.10. The Balaban J connectivity index is 2.20. The maximum Gasteiger partial charge on any atom is 0.263 e. The number of hydrogen-bond donors (Lipinski definition) is 1. The average Bonchev–Trinajstić information content (AvgIpc) is 2.88. The van der Waals surface area contributed by atoms with Crippen LogP contribution in [-0.2, 0) is 4.79 Å². The monoisotopic (exact) mass is 417 g/mol. The van der Waals surface area contributed by atoms with Gasteiger partial charge in [-0.15, -0.1) is 11.3 Å². The summed E-state index contributed by atoms with van der Waals surface area (Å²) < 4.78 is 0.958. The van der Waals surface area contributed by atoms with E-state index in [9.17, 15) is 14.9 Å². The highest BCUT2D eigenvalue weighted by Gasteiger charge is 2.21. The van der Waals surface area contributed by atoms with Gasteiger partial charge in [0, 0.05) is 24.6 Å². The highest BCUT2D eigenvalue weighted by Crippen LogP contribution is 2.33. The van der Waals surface area contributed by atoms with E-state index in [2.05, 4.69) is 27.3 Å². The molecule has 0 aliphatic carbocycles. The van der Waals surface area contributed by atoms with Crippen LogP contribution < -0.4 is 5.32 Å². The molecule has 0 radical (unpaired) electrons. The van der Waals surface area contributed by atoms with Gasteiger partial charge in [0.1, 0.15) is 11.1 Å². The van der Waals surface area contributed by atoms with Gasteiger partial charge in [-0.3, -0.25) is 9.59 Å². The summed E-state index contributed by atoms with van der Waals surface area (Å²) in [6, 6.07) is 9.57. The molecule has 0 aliphatic rings. The molecule has 2 aromatic rings. The lowest BCUT2D eigenvalue weighted by atomic mass is 10.1. The molecule has 2 amide bonds. The molecule has 0 fully saturated rings. The number of anilines is 1. The third-order valence-corrected chi connectivity index (χ3v) is 5.12. The molecule has 1 heterocycles. The number of nitriles is 1. The summed E-state index contributed by atoms with van der Waals surface area (Å²) in [5, 5.41) is 12.4. The SMILES string of the molecule is Cc1c(C(=O)N(C)C)sc(NC(=O)C=Cc2ccc(Br)cc2)c1C#N. The van der Waals surface area contributed by atoms with E-state index in [1.54, 1.807) is 27.1 Å². The van der Waals surface area contributed by atoms with E-state index in [1.165, 1.54) is 11.0 Å². The second-order valence-electron chi connectivity index (χ2n) is 5.45. The molecule has 0 atom stereocenters. The molecule has 1 aromatic heterocycles. The van der Waals surface area contributed by atoms with Crippen molar-refractivity contribution in [3.05, 3.63) is 56.4 Å². The molecule has 25 heavy (non-hydrogen) atoms. The Hall–Kier alpha value is -2.43. The number of rotatable bonds is 4. The smallest absolute Gasteiger partial charge is 0.263 e. The minimum Gasteiger partial charge on any atom is -0.344 e. The second-order valence-corrected chi connectivity index (χ2v) is 7.38. The van der Waals surface area contributed by atoms with Crippen molar-refractivity contribution in [1.82, 2.24) is 4.90 Å².